The van der Waals surface area contributed by atoms with Gasteiger partial charge in [0, 0.05) is 55.4 Å². The number of nitro groups is 1. The van der Waals surface area contributed by atoms with Gasteiger partial charge in [-0.3, -0.25) is 15.0 Å². The predicted octanol–water partition coefficient (Wildman–Crippen LogP) is 9.23. The molecule has 6 atom stereocenters. The Morgan fingerprint density at radius 3 is 2.53 bits per heavy atom. The number of oxime groups is 1. The van der Waals surface area contributed by atoms with Crippen molar-refractivity contribution in [3.05, 3.63) is 124 Å². The van der Waals surface area contributed by atoms with Crippen LogP contribution in [-0.4, -0.2) is 82.5 Å². The van der Waals surface area contributed by atoms with Crippen LogP contribution in [0.5, 0.6) is 11.5 Å². The minimum atomic E-state index is -1.49. The van der Waals surface area contributed by atoms with Crippen LogP contribution in [0, 0.1) is 33.7 Å². The molecule has 1 heterocycles. The number of nitrogens with zero attached hydrogens (tertiary/aromatic N) is 3. The van der Waals surface area contributed by atoms with Gasteiger partial charge in [0.05, 0.1) is 29.0 Å². The summed E-state index contributed by atoms with van der Waals surface area (Å²) in [6.07, 6.45) is 8.24. The van der Waals surface area contributed by atoms with Gasteiger partial charge in [-0.25, -0.2) is 9.18 Å². The van der Waals surface area contributed by atoms with Crippen LogP contribution in [0.3, 0.4) is 0 Å². The van der Waals surface area contributed by atoms with Crippen molar-refractivity contribution in [2.75, 3.05) is 38.9 Å². The van der Waals surface area contributed by atoms with E-state index in [-0.39, 0.29) is 81.2 Å². The second kappa shape index (κ2) is 22.4. The smallest absolute Gasteiger partial charge is 0.410 e. The van der Waals surface area contributed by atoms with E-state index >= 15 is 0 Å². The molecule has 13 nitrogen and oxygen atoms in total. The third kappa shape index (κ3) is 10.6. The number of fused-ring (bicyclic) bond motifs is 2. The topological polar surface area (TPSA) is 162 Å². The number of aliphatic hydroxyl groups excluding tert-OH is 2. The van der Waals surface area contributed by atoms with E-state index in [0.29, 0.717) is 54.1 Å². The average molecular weight is 878 g/mol. The molecule has 3 aromatic rings. The molecule has 1 saturated carbocycles. The first-order valence-electron chi connectivity index (χ1n) is 21.5. The van der Waals surface area contributed by atoms with Crippen molar-refractivity contribution in [2.24, 2.45) is 22.9 Å². The summed E-state index contributed by atoms with van der Waals surface area (Å²) in [4.78, 5) is 32.7. The molecule has 3 aromatic carbocycles. The number of halogens is 2. The first kappa shape index (κ1) is 46.5. The van der Waals surface area contributed by atoms with Crippen LogP contribution in [0.25, 0.3) is 0 Å². The third-order valence-corrected chi connectivity index (χ3v) is 12.1. The van der Waals surface area contributed by atoms with Gasteiger partial charge in [-0.15, -0.1) is 18.2 Å². The summed E-state index contributed by atoms with van der Waals surface area (Å²) in [7, 11) is 0. The number of alkyl halides is 1. The molecule has 0 saturated heterocycles. The fourth-order valence-electron chi connectivity index (χ4n) is 9.24. The molecule has 334 valence electrons. The maximum absolute atomic E-state index is 14.7. The van der Waals surface area contributed by atoms with Gasteiger partial charge in [0.2, 0.25) is 5.79 Å². The van der Waals surface area contributed by atoms with E-state index in [9.17, 15) is 29.5 Å². The number of carbonyl (C=O) groups is 1. The minimum Gasteiger partial charge on any atom is -0.489 e. The lowest BCUT2D eigenvalue weighted by molar-refractivity contribution is -0.384. The number of rotatable bonds is 23. The van der Waals surface area contributed by atoms with Crippen LogP contribution >= 0.6 is 11.6 Å². The molecule has 6 unspecified atom stereocenters. The lowest BCUT2D eigenvalue weighted by atomic mass is 9.55. The highest BCUT2D eigenvalue weighted by Crippen LogP contribution is 2.62. The highest BCUT2D eigenvalue weighted by Gasteiger charge is 2.65. The summed E-state index contributed by atoms with van der Waals surface area (Å²) < 4.78 is 40.9. The molecule has 15 heteroatoms. The number of hydrogen-bond acceptors (Lipinski definition) is 11. The van der Waals surface area contributed by atoms with E-state index < -0.39 is 28.8 Å². The Labute approximate surface area is 367 Å². The Morgan fingerprint density at radius 1 is 1.08 bits per heavy atom. The van der Waals surface area contributed by atoms with Gasteiger partial charge in [-0.1, -0.05) is 55.3 Å². The number of aliphatic hydroxyl groups is 2. The second-order valence-corrected chi connectivity index (χ2v) is 16.2. The molecule has 3 aliphatic rings. The van der Waals surface area contributed by atoms with Crippen molar-refractivity contribution in [3.8, 4) is 11.5 Å². The molecule has 62 heavy (non-hydrogen) atoms. The van der Waals surface area contributed by atoms with Crippen molar-refractivity contribution in [1.82, 2.24) is 4.90 Å². The monoisotopic (exact) mass is 877 g/mol. The fourth-order valence-corrected chi connectivity index (χ4v) is 9.31. The number of nitro benzene ring substituents is 1. The van der Waals surface area contributed by atoms with Gasteiger partial charge >= 0.3 is 6.09 Å². The molecule has 2 aliphatic carbocycles. The van der Waals surface area contributed by atoms with E-state index in [0.717, 1.165) is 36.8 Å². The Balaban J connectivity index is 1.54. The molecule has 0 bridgehead atoms. The number of benzene rings is 3. The largest absolute Gasteiger partial charge is 0.489 e. The number of hydrogen-bond donors (Lipinski definition) is 2. The highest BCUT2D eigenvalue weighted by atomic mass is 35.5. The Hall–Kier alpha value is -5.02. The summed E-state index contributed by atoms with van der Waals surface area (Å²) in [5, 5.41) is 35.9. The Morgan fingerprint density at radius 2 is 1.84 bits per heavy atom. The summed E-state index contributed by atoms with van der Waals surface area (Å²) in [6.45, 7) is 6.43. The molecule has 0 aromatic heterocycles. The number of amides is 1. The first-order chi connectivity index (χ1) is 30.2. The van der Waals surface area contributed by atoms with E-state index in [1.165, 1.54) is 18.2 Å². The highest BCUT2D eigenvalue weighted by molar-refractivity contribution is 6.18. The summed E-state index contributed by atoms with van der Waals surface area (Å²) >= 11 is 6.01. The molecule has 1 aliphatic heterocycles. The van der Waals surface area contributed by atoms with Crippen LogP contribution < -0.4 is 9.47 Å². The maximum Gasteiger partial charge on any atom is 0.410 e. The number of unbranched alkanes of at least 4 members (excludes halogenated alkanes) is 2. The lowest BCUT2D eigenvalue weighted by Gasteiger charge is -2.59. The summed E-state index contributed by atoms with van der Waals surface area (Å²) in [5.74, 6) is -1.64. The van der Waals surface area contributed by atoms with Crippen molar-refractivity contribution in [1.29, 1.82) is 0 Å². The molecule has 0 radical (unpaired) electrons. The average Bonchev–Trinajstić information content (AvgIpc) is 3.28. The normalized spacial score (nSPS) is 23.0. The number of ether oxygens (including phenoxy) is 4. The van der Waals surface area contributed by atoms with E-state index in [4.69, 9.17) is 40.5 Å². The first-order valence-corrected chi connectivity index (χ1v) is 22.0. The van der Waals surface area contributed by atoms with Gasteiger partial charge in [0.1, 0.15) is 43.2 Å². The molecular formula is C47H57ClFN3O10. The molecule has 6 rings (SSSR count). The molecule has 1 fully saturated rings. The maximum atomic E-state index is 14.7. The van der Waals surface area contributed by atoms with E-state index in [1.807, 2.05) is 19.1 Å². The standard InChI is InChI=1S/C47H57ClFN3O10/c1-3-22-51(46(55)58-26-21-48)43-29-41(50-61-30-32-15-17-35(18-16-32)52(56)57)38-27-33(11-7-9-23-53)37(13-8-10-24-54)44-39-28-36(59-31-34-12-5-6-14-40(34)49)19-20-42(39)62-47(43,45(38)44)60-25-4-2/h4-6,12,14-20,27-28,33,37,43-45,53-54H,2-3,7-11,13,21-26,29-31H2,1H3. The van der Waals surface area contributed by atoms with Crippen LogP contribution in [0.1, 0.15) is 80.9 Å². The van der Waals surface area contributed by atoms with Crippen LogP contribution in [0.2, 0.25) is 0 Å². The molecule has 0 spiro atoms. The number of non-ortho nitro benzene ring substituents is 1. The molecular weight excluding hydrogens is 821 g/mol. The van der Waals surface area contributed by atoms with Crippen LogP contribution in [-0.2, 0) is 27.5 Å². The zero-order valence-corrected chi connectivity index (χ0v) is 35.9. The van der Waals surface area contributed by atoms with Gasteiger partial charge in [-0.05, 0) is 91.5 Å². The fraction of sp³-hybridized carbons (Fsp3) is 0.489. The van der Waals surface area contributed by atoms with Crippen molar-refractivity contribution >= 4 is 29.1 Å². The van der Waals surface area contributed by atoms with Crippen molar-refractivity contribution < 1.29 is 48.1 Å². The lowest BCUT2D eigenvalue weighted by Crippen LogP contribution is -2.70. The van der Waals surface area contributed by atoms with Crippen molar-refractivity contribution in [3.63, 3.8) is 0 Å². The van der Waals surface area contributed by atoms with Gasteiger partial charge in [0.25, 0.3) is 5.69 Å². The summed E-state index contributed by atoms with van der Waals surface area (Å²) in [6, 6.07) is 17.3. The third-order valence-electron chi connectivity index (χ3n) is 11.9. The predicted molar refractivity (Wildman–Crippen MR) is 233 cm³/mol. The van der Waals surface area contributed by atoms with Crippen LogP contribution in [0.4, 0.5) is 14.9 Å². The Bertz CT molecular complexity index is 2050. The zero-order chi connectivity index (χ0) is 44.1. The van der Waals surface area contributed by atoms with Crippen LogP contribution in [0.15, 0.2) is 96.2 Å². The zero-order valence-electron chi connectivity index (χ0n) is 35.2. The van der Waals surface area contributed by atoms with Crippen molar-refractivity contribution in [2.45, 2.75) is 89.3 Å². The van der Waals surface area contributed by atoms with Gasteiger partial charge in [-0.2, -0.15) is 0 Å². The minimum absolute atomic E-state index is 0.00301. The SMILES string of the molecule is C=CCOC12Oc3ccc(OCc4ccccc4F)cc3C3C(CCCCO)C(CCCCO)C=C(C(=NOCc4ccc([N+](=O)[O-])cc4)CC1N(CCC)C(=O)OCCCl)C32. The number of allylic oxidation sites excluding steroid dienone is 1. The quantitative estimate of drug-likeness (QED) is 0.0309. The second-order valence-electron chi connectivity index (χ2n) is 15.8. The van der Waals surface area contributed by atoms with E-state index in [2.05, 4.69) is 12.7 Å². The molecule has 1 amide bonds. The molecule has 2 N–H and O–H groups in total. The van der Waals surface area contributed by atoms with Gasteiger partial charge < -0.3 is 34.0 Å². The number of carbonyl (C=O) groups excluding carboxylic acids is 1. The Kier molecular flexibility index (Phi) is 16.8. The van der Waals surface area contributed by atoms with Gasteiger partial charge in [0.15, 0.2) is 0 Å². The van der Waals surface area contributed by atoms with E-state index in [1.54, 1.807) is 47.4 Å². The summed E-state index contributed by atoms with van der Waals surface area (Å²) in [5.41, 5.74) is 3.31.